The Balaban J connectivity index is 2.35. The van der Waals surface area contributed by atoms with E-state index >= 15 is 0 Å². The molecule has 0 aliphatic carbocycles. The van der Waals surface area contributed by atoms with Crippen molar-refractivity contribution in [1.82, 2.24) is 5.32 Å². The van der Waals surface area contributed by atoms with Gasteiger partial charge in [-0.15, -0.1) is 0 Å². The predicted octanol–water partition coefficient (Wildman–Crippen LogP) is 0.797. The molecule has 6 heteroatoms. The van der Waals surface area contributed by atoms with E-state index in [2.05, 4.69) is 4.74 Å². The van der Waals surface area contributed by atoms with Crippen LogP contribution in [-0.4, -0.2) is 25.2 Å². The van der Waals surface area contributed by atoms with Crippen molar-refractivity contribution in [2.45, 2.75) is 13.5 Å². The maximum atomic E-state index is 11.3. The number of alkyl carbamates (subject to hydrolysis) is 1. The summed E-state index contributed by atoms with van der Waals surface area (Å²) in [5, 5.41) is 2.03. The van der Waals surface area contributed by atoms with Crippen LogP contribution in [0, 0.1) is 0 Å². The van der Waals surface area contributed by atoms with Crippen LogP contribution in [0.4, 0.5) is 4.79 Å². The Kier molecular flexibility index (Phi) is 5.66. The molecule has 0 saturated carbocycles. The van der Waals surface area contributed by atoms with E-state index in [0.29, 0.717) is 12.3 Å². The normalized spacial score (nSPS) is 9.67. The number of nitrogens with one attached hydrogen (secondary N) is 1. The third-order valence-corrected chi connectivity index (χ3v) is 2.05. The lowest BCUT2D eigenvalue weighted by molar-refractivity contribution is -0.122. The Morgan fingerprint density at radius 3 is 2.50 bits per heavy atom. The molecule has 1 aromatic rings. The van der Waals surface area contributed by atoms with E-state index in [0.717, 1.165) is 5.56 Å². The van der Waals surface area contributed by atoms with Gasteiger partial charge in [0.1, 0.15) is 5.75 Å². The smallest absolute Gasteiger partial charge is 0.413 e. The van der Waals surface area contributed by atoms with E-state index in [1.54, 1.807) is 31.2 Å². The number of hydrogen-bond donors (Lipinski definition) is 2. The van der Waals surface area contributed by atoms with Crippen molar-refractivity contribution >= 4 is 12.0 Å². The third-order valence-electron chi connectivity index (χ3n) is 2.05. The number of rotatable bonds is 5. The second-order valence-corrected chi connectivity index (χ2v) is 3.41. The molecular formula is C12H16N2O4. The summed E-state index contributed by atoms with van der Waals surface area (Å²) in [5.41, 5.74) is 6.42. The van der Waals surface area contributed by atoms with E-state index in [4.69, 9.17) is 10.5 Å². The third kappa shape index (κ3) is 4.84. The monoisotopic (exact) mass is 252 g/mol. The largest absolute Gasteiger partial charge is 0.484 e. The van der Waals surface area contributed by atoms with Crippen LogP contribution in [0.15, 0.2) is 24.3 Å². The fourth-order valence-electron chi connectivity index (χ4n) is 1.19. The minimum Gasteiger partial charge on any atom is -0.484 e. The zero-order valence-corrected chi connectivity index (χ0v) is 10.1. The zero-order valence-electron chi connectivity index (χ0n) is 10.1. The first kappa shape index (κ1) is 14.0. The number of hydrogen-bond acceptors (Lipinski definition) is 5. The summed E-state index contributed by atoms with van der Waals surface area (Å²) in [5.74, 6) is -0.0254. The van der Waals surface area contributed by atoms with Gasteiger partial charge >= 0.3 is 6.09 Å². The van der Waals surface area contributed by atoms with Gasteiger partial charge in [-0.25, -0.2) is 4.79 Å². The van der Waals surface area contributed by atoms with E-state index < -0.39 is 12.0 Å². The first-order valence-electron chi connectivity index (χ1n) is 5.54. The number of amides is 2. The molecule has 0 aromatic heterocycles. The molecule has 0 spiro atoms. The molecule has 0 atom stereocenters. The van der Waals surface area contributed by atoms with E-state index in [1.165, 1.54) is 0 Å². The average molecular weight is 252 g/mol. The standard InChI is InChI=1S/C12H16N2O4/c1-2-17-12(16)14-11(15)8-18-10-5-3-9(7-13)4-6-10/h3-6H,2,7-8,13H2,1H3,(H,14,15,16). The molecule has 0 bridgehead atoms. The van der Waals surface area contributed by atoms with Crippen LogP contribution in [0.2, 0.25) is 0 Å². The van der Waals surface area contributed by atoms with Gasteiger partial charge in [0.15, 0.2) is 6.61 Å². The van der Waals surface area contributed by atoms with Crippen LogP contribution in [0.3, 0.4) is 0 Å². The Morgan fingerprint density at radius 2 is 1.94 bits per heavy atom. The Morgan fingerprint density at radius 1 is 1.28 bits per heavy atom. The van der Waals surface area contributed by atoms with Crippen LogP contribution in [0.25, 0.3) is 0 Å². The molecule has 2 amide bonds. The molecule has 18 heavy (non-hydrogen) atoms. The van der Waals surface area contributed by atoms with Crippen molar-refractivity contribution in [3.05, 3.63) is 29.8 Å². The number of imide groups is 1. The van der Waals surface area contributed by atoms with Crippen molar-refractivity contribution in [3.8, 4) is 5.75 Å². The van der Waals surface area contributed by atoms with Crippen molar-refractivity contribution in [2.75, 3.05) is 13.2 Å². The van der Waals surface area contributed by atoms with Crippen molar-refractivity contribution in [1.29, 1.82) is 0 Å². The molecule has 0 fully saturated rings. The van der Waals surface area contributed by atoms with Crippen molar-refractivity contribution in [2.24, 2.45) is 5.73 Å². The molecule has 0 aliphatic rings. The highest BCUT2D eigenvalue weighted by Gasteiger charge is 2.08. The summed E-state index contributed by atoms with van der Waals surface area (Å²) in [6, 6.07) is 7.02. The van der Waals surface area contributed by atoms with Gasteiger partial charge in [0.05, 0.1) is 6.61 Å². The molecule has 1 aromatic carbocycles. The summed E-state index contributed by atoms with van der Waals surface area (Å²) >= 11 is 0. The van der Waals surface area contributed by atoms with Crippen molar-refractivity contribution < 1.29 is 19.1 Å². The Hall–Kier alpha value is -2.08. The Labute approximate surface area is 105 Å². The lowest BCUT2D eigenvalue weighted by atomic mass is 10.2. The highest BCUT2D eigenvalue weighted by atomic mass is 16.5. The highest BCUT2D eigenvalue weighted by molar-refractivity contribution is 5.92. The highest BCUT2D eigenvalue weighted by Crippen LogP contribution is 2.11. The molecule has 6 nitrogen and oxygen atoms in total. The van der Waals surface area contributed by atoms with Gasteiger partial charge in [0, 0.05) is 6.54 Å². The second kappa shape index (κ2) is 7.29. The maximum Gasteiger partial charge on any atom is 0.413 e. The first-order valence-corrected chi connectivity index (χ1v) is 5.54. The first-order chi connectivity index (χ1) is 8.65. The van der Waals surface area contributed by atoms with Crippen LogP contribution >= 0.6 is 0 Å². The van der Waals surface area contributed by atoms with Gasteiger partial charge in [-0.1, -0.05) is 12.1 Å². The van der Waals surface area contributed by atoms with E-state index in [-0.39, 0.29) is 13.2 Å². The fraction of sp³-hybridized carbons (Fsp3) is 0.333. The minimum absolute atomic E-state index is 0.209. The topological polar surface area (TPSA) is 90.6 Å². The SMILES string of the molecule is CCOC(=O)NC(=O)COc1ccc(CN)cc1. The van der Waals surface area contributed by atoms with Crippen LogP contribution < -0.4 is 15.8 Å². The zero-order chi connectivity index (χ0) is 13.4. The van der Waals surface area contributed by atoms with Gasteiger partial charge in [0.2, 0.25) is 0 Å². The Bertz CT molecular complexity index is 403. The molecule has 1 rings (SSSR count). The predicted molar refractivity (Wildman–Crippen MR) is 65.0 cm³/mol. The number of benzene rings is 1. The lowest BCUT2D eigenvalue weighted by Crippen LogP contribution is -2.34. The molecule has 98 valence electrons. The lowest BCUT2D eigenvalue weighted by Gasteiger charge is -2.07. The number of carbonyl (C=O) groups excluding carboxylic acids is 2. The fourth-order valence-corrected chi connectivity index (χ4v) is 1.19. The molecule has 0 radical (unpaired) electrons. The summed E-state index contributed by atoms with van der Waals surface area (Å²) in [6.45, 7) is 2.06. The van der Waals surface area contributed by atoms with Gasteiger partial charge in [-0.2, -0.15) is 0 Å². The molecule has 0 heterocycles. The minimum atomic E-state index is -0.774. The summed E-state index contributed by atoms with van der Waals surface area (Å²) in [6.07, 6.45) is -0.774. The van der Waals surface area contributed by atoms with Gasteiger partial charge in [-0.05, 0) is 24.6 Å². The molecular weight excluding hydrogens is 236 g/mol. The van der Waals surface area contributed by atoms with Crippen LogP contribution in [0.1, 0.15) is 12.5 Å². The summed E-state index contributed by atoms with van der Waals surface area (Å²) in [4.78, 5) is 22.2. The van der Waals surface area contributed by atoms with Crippen molar-refractivity contribution in [3.63, 3.8) is 0 Å². The number of carbonyl (C=O) groups is 2. The van der Waals surface area contributed by atoms with Crippen LogP contribution in [-0.2, 0) is 16.1 Å². The molecule has 0 unspecified atom stereocenters. The maximum absolute atomic E-state index is 11.3. The number of nitrogens with two attached hydrogens (primary N) is 1. The van der Waals surface area contributed by atoms with Gasteiger partial charge < -0.3 is 15.2 Å². The van der Waals surface area contributed by atoms with Gasteiger partial charge in [0.25, 0.3) is 5.91 Å². The van der Waals surface area contributed by atoms with E-state index in [1.807, 2.05) is 5.32 Å². The quantitative estimate of drug-likeness (QED) is 0.808. The van der Waals surface area contributed by atoms with Crippen LogP contribution in [0.5, 0.6) is 5.75 Å². The molecule has 0 aliphatic heterocycles. The number of ether oxygens (including phenoxy) is 2. The van der Waals surface area contributed by atoms with E-state index in [9.17, 15) is 9.59 Å². The second-order valence-electron chi connectivity index (χ2n) is 3.41. The summed E-state index contributed by atoms with van der Waals surface area (Å²) in [7, 11) is 0. The average Bonchev–Trinajstić information content (AvgIpc) is 2.37. The molecule has 3 N–H and O–H groups in total. The van der Waals surface area contributed by atoms with Gasteiger partial charge in [-0.3, -0.25) is 10.1 Å². The summed E-state index contributed by atoms with van der Waals surface area (Å²) < 4.78 is 9.74. The molecule has 0 saturated heterocycles.